The molecule has 1 aromatic carbocycles. The lowest BCUT2D eigenvalue weighted by Gasteiger charge is -2.42. The van der Waals surface area contributed by atoms with E-state index in [-0.39, 0.29) is 18.0 Å². The van der Waals surface area contributed by atoms with Gasteiger partial charge in [-0.05, 0) is 37.1 Å². The van der Waals surface area contributed by atoms with E-state index in [1.807, 2.05) is 41.2 Å². The number of para-hydroxylation sites is 1. The molecular formula is C19H22N4O3. The zero-order valence-electron chi connectivity index (χ0n) is 14.6. The highest BCUT2D eigenvalue weighted by molar-refractivity contribution is 5.96. The van der Waals surface area contributed by atoms with E-state index >= 15 is 0 Å². The van der Waals surface area contributed by atoms with Crippen molar-refractivity contribution in [2.75, 3.05) is 25.1 Å². The van der Waals surface area contributed by atoms with Gasteiger partial charge in [-0.2, -0.15) is 0 Å². The van der Waals surface area contributed by atoms with Gasteiger partial charge in [-0.3, -0.25) is 0 Å². The van der Waals surface area contributed by atoms with Crippen LogP contribution in [0.25, 0.3) is 5.69 Å². The number of hydrogen-bond acceptors (Lipinski definition) is 4. The molecule has 0 spiro atoms. The molecular weight excluding hydrogens is 332 g/mol. The van der Waals surface area contributed by atoms with Crippen LogP contribution in [-0.2, 0) is 4.74 Å². The van der Waals surface area contributed by atoms with Crippen LogP contribution < -0.4 is 15.5 Å². The Hall–Kier alpha value is -2.96. The Morgan fingerprint density at radius 2 is 1.73 bits per heavy atom. The Bertz CT molecular complexity index is 808. The molecule has 0 bridgehead atoms. The van der Waals surface area contributed by atoms with Gasteiger partial charge >= 0.3 is 12.0 Å². The normalized spacial score (nSPS) is 16.7. The largest absolute Gasteiger partial charge is 0.465 e. The summed E-state index contributed by atoms with van der Waals surface area (Å²) in [5, 5.41) is 5.94. The lowest BCUT2D eigenvalue weighted by Crippen LogP contribution is -2.61. The van der Waals surface area contributed by atoms with Gasteiger partial charge < -0.3 is 24.8 Å². The molecule has 1 saturated heterocycles. The van der Waals surface area contributed by atoms with Crippen LogP contribution in [0.15, 0.2) is 42.7 Å². The fourth-order valence-electron chi connectivity index (χ4n) is 3.22. The van der Waals surface area contributed by atoms with Gasteiger partial charge in [-0.15, -0.1) is 0 Å². The molecule has 0 unspecified atom stereocenters. The number of nitrogens with one attached hydrogen (secondary N) is 2. The van der Waals surface area contributed by atoms with Crippen molar-refractivity contribution < 1.29 is 14.3 Å². The van der Waals surface area contributed by atoms with Crippen LogP contribution in [0.2, 0.25) is 0 Å². The number of carbonyl (C=O) groups is 2. The molecule has 1 aliphatic heterocycles. The maximum atomic E-state index is 12.2. The van der Waals surface area contributed by atoms with Gasteiger partial charge in [0.1, 0.15) is 0 Å². The van der Waals surface area contributed by atoms with E-state index in [4.69, 9.17) is 4.74 Å². The number of ether oxygens (including phenoxy) is 1. The molecule has 1 aliphatic carbocycles. The zero-order valence-corrected chi connectivity index (χ0v) is 14.6. The van der Waals surface area contributed by atoms with Crippen LogP contribution in [-0.4, -0.2) is 48.9 Å². The molecule has 2 aliphatic rings. The minimum absolute atomic E-state index is 0.0916. The highest BCUT2D eigenvalue weighted by Crippen LogP contribution is 2.32. The molecule has 26 heavy (non-hydrogen) atoms. The summed E-state index contributed by atoms with van der Waals surface area (Å²) in [4.78, 5) is 26.2. The van der Waals surface area contributed by atoms with E-state index in [9.17, 15) is 9.59 Å². The topological polar surface area (TPSA) is 75.6 Å². The third-order valence-corrected chi connectivity index (χ3v) is 4.75. The summed E-state index contributed by atoms with van der Waals surface area (Å²) in [6, 6.07) is 9.81. The summed E-state index contributed by atoms with van der Waals surface area (Å²) in [5.74, 6) is -0.366. The third-order valence-electron chi connectivity index (χ3n) is 4.75. The van der Waals surface area contributed by atoms with Crippen molar-refractivity contribution in [3.05, 3.63) is 48.3 Å². The first-order valence-corrected chi connectivity index (χ1v) is 8.82. The fraction of sp³-hybridized carbons (Fsp3) is 0.368. The van der Waals surface area contributed by atoms with Crippen LogP contribution in [0.1, 0.15) is 23.2 Å². The molecule has 4 rings (SSSR count). The highest BCUT2D eigenvalue weighted by atomic mass is 16.5. The minimum Gasteiger partial charge on any atom is -0.465 e. The van der Waals surface area contributed by atoms with E-state index in [1.54, 1.807) is 6.07 Å². The molecule has 7 nitrogen and oxygen atoms in total. The Balaban J connectivity index is 1.52. The van der Waals surface area contributed by atoms with Gasteiger partial charge in [0.25, 0.3) is 0 Å². The zero-order chi connectivity index (χ0) is 18.1. The van der Waals surface area contributed by atoms with Crippen LogP contribution in [0, 0.1) is 0 Å². The summed E-state index contributed by atoms with van der Waals surface area (Å²) in [6.45, 7) is 1.41. The van der Waals surface area contributed by atoms with Crippen molar-refractivity contribution in [1.82, 2.24) is 15.2 Å². The van der Waals surface area contributed by atoms with Gasteiger partial charge in [0, 0.05) is 31.5 Å². The molecule has 7 heteroatoms. The number of anilines is 1. The van der Waals surface area contributed by atoms with Crippen LogP contribution in [0.4, 0.5) is 10.5 Å². The first-order chi connectivity index (χ1) is 12.7. The number of rotatable bonds is 5. The Labute approximate surface area is 151 Å². The van der Waals surface area contributed by atoms with E-state index in [1.165, 1.54) is 7.11 Å². The molecule has 2 fully saturated rings. The Kier molecular flexibility index (Phi) is 4.28. The second-order valence-electron chi connectivity index (χ2n) is 6.75. The fourth-order valence-corrected chi connectivity index (χ4v) is 3.22. The number of aromatic nitrogens is 1. The summed E-state index contributed by atoms with van der Waals surface area (Å²) in [6.07, 6.45) is 5.96. The summed E-state index contributed by atoms with van der Waals surface area (Å²) in [5.41, 5.74) is 2.26. The first kappa shape index (κ1) is 16.5. The number of carbonyl (C=O) groups excluding carboxylic acids is 2. The number of hydrogen-bond donors (Lipinski definition) is 2. The lowest BCUT2D eigenvalue weighted by molar-refractivity contribution is 0.0600. The second kappa shape index (κ2) is 6.74. The molecule has 0 atom stereocenters. The van der Waals surface area contributed by atoms with Gasteiger partial charge in [-0.25, -0.2) is 9.59 Å². The van der Waals surface area contributed by atoms with E-state index in [0.717, 1.165) is 24.2 Å². The maximum absolute atomic E-state index is 12.2. The molecule has 2 amide bonds. The SMILES string of the molecule is COC(=O)c1cccc(N2CC(NC(=O)NC3CC3)C2)c1-n1cccc1. The summed E-state index contributed by atoms with van der Waals surface area (Å²) >= 11 is 0. The molecule has 2 N–H and O–H groups in total. The average Bonchev–Trinajstić information content (AvgIpc) is 3.25. The number of nitrogens with zero attached hydrogens (tertiary/aromatic N) is 2. The van der Waals surface area contributed by atoms with Gasteiger partial charge in [0.2, 0.25) is 0 Å². The number of methoxy groups -OCH3 is 1. The van der Waals surface area contributed by atoms with Crippen LogP contribution in [0.5, 0.6) is 0 Å². The van der Waals surface area contributed by atoms with Gasteiger partial charge in [-0.1, -0.05) is 6.07 Å². The average molecular weight is 354 g/mol. The first-order valence-electron chi connectivity index (χ1n) is 8.82. The molecule has 0 radical (unpaired) electrons. The van der Waals surface area contributed by atoms with E-state index in [0.29, 0.717) is 24.7 Å². The number of urea groups is 1. The molecule has 136 valence electrons. The number of amides is 2. The van der Waals surface area contributed by atoms with E-state index in [2.05, 4.69) is 15.5 Å². The molecule has 1 saturated carbocycles. The van der Waals surface area contributed by atoms with Crippen molar-refractivity contribution in [2.24, 2.45) is 0 Å². The third kappa shape index (κ3) is 3.24. The second-order valence-corrected chi connectivity index (χ2v) is 6.75. The number of benzene rings is 1. The molecule has 2 aromatic rings. The number of esters is 1. The van der Waals surface area contributed by atoms with Gasteiger partial charge in [0.15, 0.2) is 0 Å². The van der Waals surface area contributed by atoms with Gasteiger partial charge in [0.05, 0.1) is 30.1 Å². The maximum Gasteiger partial charge on any atom is 0.340 e. The quantitative estimate of drug-likeness (QED) is 0.805. The predicted octanol–water partition coefficient (Wildman–Crippen LogP) is 1.91. The monoisotopic (exact) mass is 354 g/mol. The summed E-state index contributed by atoms with van der Waals surface area (Å²) < 4.78 is 6.86. The molecule has 1 aromatic heterocycles. The van der Waals surface area contributed by atoms with Crippen LogP contribution >= 0.6 is 0 Å². The minimum atomic E-state index is -0.366. The van der Waals surface area contributed by atoms with Crippen molar-refractivity contribution in [3.8, 4) is 5.69 Å². The smallest absolute Gasteiger partial charge is 0.340 e. The summed E-state index contributed by atoms with van der Waals surface area (Å²) in [7, 11) is 1.39. The van der Waals surface area contributed by atoms with Crippen molar-refractivity contribution >= 4 is 17.7 Å². The standard InChI is InChI=1S/C19H22N4O3/c1-26-18(24)15-5-4-6-16(17(15)22-9-2-3-10-22)23-11-14(12-23)21-19(25)20-13-7-8-13/h2-6,9-10,13-14H,7-8,11-12H2,1H3,(H2,20,21,25). The van der Waals surface area contributed by atoms with E-state index < -0.39 is 0 Å². The Morgan fingerprint density at radius 3 is 2.38 bits per heavy atom. The molecule has 2 heterocycles. The predicted molar refractivity (Wildman–Crippen MR) is 97.8 cm³/mol. The van der Waals surface area contributed by atoms with Crippen LogP contribution in [0.3, 0.4) is 0 Å². The van der Waals surface area contributed by atoms with Crippen molar-refractivity contribution in [3.63, 3.8) is 0 Å². The van der Waals surface area contributed by atoms with Crippen molar-refractivity contribution in [2.45, 2.75) is 24.9 Å². The van der Waals surface area contributed by atoms with Crippen molar-refractivity contribution in [1.29, 1.82) is 0 Å². The Morgan fingerprint density at radius 1 is 1.04 bits per heavy atom. The highest BCUT2D eigenvalue weighted by Gasteiger charge is 2.32. The lowest BCUT2D eigenvalue weighted by atomic mass is 10.0.